The summed E-state index contributed by atoms with van der Waals surface area (Å²) in [7, 11) is 3.54. The molecule has 0 spiro atoms. The molecule has 1 heterocycles. The second-order valence-electron chi connectivity index (χ2n) is 4.82. The number of methoxy groups -OCH3 is 1. The Labute approximate surface area is 132 Å². The van der Waals surface area contributed by atoms with Gasteiger partial charge in [-0.25, -0.2) is 4.39 Å². The Morgan fingerprint density at radius 3 is 2.86 bits per heavy atom. The zero-order valence-electron chi connectivity index (χ0n) is 12.4. The Hall–Kier alpha value is -1.24. The van der Waals surface area contributed by atoms with E-state index in [1.807, 2.05) is 17.8 Å². The second kappa shape index (κ2) is 7.15. The fourth-order valence-corrected chi connectivity index (χ4v) is 2.85. The van der Waals surface area contributed by atoms with E-state index in [1.54, 1.807) is 26.3 Å². The van der Waals surface area contributed by atoms with Crippen molar-refractivity contribution in [3.05, 3.63) is 51.5 Å². The fraction of sp³-hybridized carbons (Fsp3) is 0.400. The standard InChI is InChI=1S/C15H19BrFN3O/c1-10-8-11(4-5-13(10)17)14(18-2)15-12(16)9-19-20(15)6-7-21-3/h4-5,8-9,14,18H,6-7H2,1-3H3. The largest absolute Gasteiger partial charge is 0.383 e. The van der Waals surface area contributed by atoms with Gasteiger partial charge in [-0.1, -0.05) is 12.1 Å². The molecule has 1 N–H and O–H groups in total. The molecule has 1 unspecified atom stereocenters. The number of aromatic nitrogens is 2. The van der Waals surface area contributed by atoms with Crippen LogP contribution in [0.5, 0.6) is 0 Å². The van der Waals surface area contributed by atoms with Crippen molar-refractivity contribution in [2.75, 3.05) is 20.8 Å². The third kappa shape index (κ3) is 3.51. The van der Waals surface area contributed by atoms with Crippen molar-refractivity contribution in [3.63, 3.8) is 0 Å². The van der Waals surface area contributed by atoms with E-state index >= 15 is 0 Å². The molecule has 0 saturated carbocycles. The summed E-state index contributed by atoms with van der Waals surface area (Å²) in [5.41, 5.74) is 2.63. The van der Waals surface area contributed by atoms with Crippen LogP contribution >= 0.6 is 15.9 Å². The normalized spacial score (nSPS) is 12.6. The van der Waals surface area contributed by atoms with Crippen LogP contribution in [0.3, 0.4) is 0 Å². The van der Waals surface area contributed by atoms with E-state index in [2.05, 4.69) is 26.3 Å². The van der Waals surface area contributed by atoms with Gasteiger partial charge in [-0.15, -0.1) is 0 Å². The van der Waals surface area contributed by atoms with E-state index < -0.39 is 0 Å². The molecule has 4 nitrogen and oxygen atoms in total. The summed E-state index contributed by atoms with van der Waals surface area (Å²) in [4.78, 5) is 0. The fourth-order valence-electron chi connectivity index (χ4n) is 2.32. The van der Waals surface area contributed by atoms with Crippen molar-refractivity contribution in [3.8, 4) is 0 Å². The van der Waals surface area contributed by atoms with Gasteiger partial charge in [-0.3, -0.25) is 4.68 Å². The number of hydrogen-bond acceptors (Lipinski definition) is 3. The van der Waals surface area contributed by atoms with Gasteiger partial charge in [-0.2, -0.15) is 5.10 Å². The van der Waals surface area contributed by atoms with Gasteiger partial charge >= 0.3 is 0 Å². The summed E-state index contributed by atoms with van der Waals surface area (Å²) in [5, 5.41) is 7.63. The van der Waals surface area contributed by atoms with E-state index in [1.165, 1.54) is 6.07 Å². The Kier molecular flexibility index (Phi) is 5.50. The Morgan fingerprint density at radius 1 is 1.48 bits per heavy atom. The maximum Gasteiger partial charge on any atom is 0.126 e. The van der Waals surface area contributed by atoms with Gasteiger partial charge in [0, 0.05) is 7.11 Å². The summed E-state index contributed by atoms with van der Waals surface area (Å²) in [6.07, 6.45) is 1.77. The van der Waals surface area contributed by atoms with Crippen LogP contribution in [0.4, 0.5) is 4.39 Å². The molecular formula is C15H19BrFN3O. The van der Waals surface area contributed by atoms with Crippen LogP contribution in [0, 0.1) is 12.7 Å². The number of nitrogens with one attached hydrogen (secondary N) is 1. The van der Waals surface area contributed by atoms with Crippen molar-refractivity contribution in [2.45, 2.75) is 19.5 Å². The molecule has 0 amide bonds. The van der Waals surface area contributed by atoms with Gasteiger partial charge in [0.2, 0.25) is 0 Å². The van der Waals surface area contributed by atoms with Gasteiger partial charge in [-0.05, 0) is 47.1 Å². The Morgan fingerprint density at radius 2 is 2.24 bits per heavy atom. The predicted octanol–water partition coefficient (Wildman–Crippen LogP) is 3.05. The van der Waals surface area contributed by atoms with E-state index in [9.17, 15) is 4.39 Å². The summed E-state index contributed by atoms with van der Waals surface area (Å²) in [6.45, 7) is 3.01. The zero-order valence-corrected chi connectivity index (χ0v) is 13.9. The maximum absolute atomic E-state index is 13.5. The van der Waals surface area contributed by atoms with Crippen LogP contribution in [0.25, 0.3) is 0 Å². The molecule has 0 aliphatic rings. The molecule has 1 aromatic carbocycles. The van der Waals surface area contributed by atoms with Crippen LogP contribution in [-0.4, -0.2) is 30.5 Å². The number of nitrogens with zero attached hydrogens (tertiary/aromatic N) is 2. The molecule has 6 heteroatoms. The van der Waals surface area contributed by atoms with Crippen molar-refractivity contribution < 1.29 is 9.13 Å². The minimum absolute atomic E-state index is 0.0713. The second-order valence-corrected chi connectivity index (χ2v) is 5.68. The zero-order chi connectivity index (χ0) is 15.4. The SMILES string of the molecule is CNC(c1ccc(F)c(C)c1)c1c(Br)cnn1CCOC. The molecule has 1 atom stereocenters. The summed E-state index contributed by atoms with van der Waals surface area (Å²) >= 11 is 3.54. The highest BCUT2D eigenvalue weighted by Gasteiger charge is 2.21. The van der Waals surface area contributed by atoms with Crippen molar-refractivity contribution in [1.29, 1.82) is 0 Å². The van der Waals surface area contributed by atoms with E-state index in [0.29, 0.717) is 18.7 Å². The average Bonchev–Trinajstić information content (AvgIpc) is 2.83. The lowest BCUT2D eigenvalue weighted by molar-refractivity contribution is 0.182. The van der Waals surface area contributed by atoms with Gasteiger partial charge in [0.1, 0.15) is 5.82 Å². The minimum Gasteiger partial charge on any atom is -0.383 e. The smallest absolute Gasteiger partial charge is 0.126 e. The van der Waals surface area contributed by atoms with E-state index in [4.69, 9.17) is 4.74 Å². The number of halogens is 2. The summed E-state index contributed by atoms with van der Waals surface area (Å²) in [5.74, 6) is -0.194. The van der Waals surface area contributed by atoms with Crippen LogP contribution in [0.2, 0.25) is 0 Å². The molecule has 0 saturated heterocycles. The first kappa shape index (κ1) is 16.1. The molecule has 2 aromatic rings. The highest BCUT2D eigenvalue weighted by atomic mass is 79.9. The molecule has 0 fully saturated rings. The van der Waals surface area contributed by atoms with Crippen LogP contribution < -0.4 is 5.32 Å². The highest BCUT2D eigenvalue weighted by molar-refractivity contribution is 9.10. The lowest BCUT2D eigenvalue weighted by Gasteiger charge is -2.20. The highest BCUT2D eigenvalue weighted by Crippen LogP contribution is 2.29. The number of rotatable bonds is 6. The maximum atomic E-state index is 13.5. The van der Waals surface area contributed by atoms with E-state index in [-0.39, 0.29) is 11.9 Å². The number of benzene rings is 1. The number of aryl methyl sites for hydroxylation is 1. The monoisotopic (exact) mass is 355 g/mol. The third-order valence-electron chi connectivity index (χ3n) is 3.42. The Bertz CT molecular complexity index is 615. The summed E-state index contributed by atoms with van der Waals surface area (Å²) < 4.78 is 21.4. The Balaban J connectivity index is 2.40. The van der Waals surface area contributed by atoms with Crippen LogP contribution in [0.1, 0.15) is 22.9 Å². The molecular weight excluding hydrogens is 337 g/mol. The molecule has 0 aliphatic heterocycles. The third-order valence-corrected chi connectivity index (χ3v) is 4.03. The van der Waals surface area contributed by atoms with Crippen molar-refractivity contribution in [1.82, 2.24) is 15.1 Å². The van der Waals surface area contributed by atoms with Gasteiger partial charge < -0.3 is 10.1 Å². The van der Waals surface area contributed by atoms with Crippen LogP contribution in [0.15, 0.2) is 28.9 Å². The lowest BCUT2D eigenvalue weighted by atomic mass is 10.0. The van der Waals surface area contributed by atoms with E-state index in [0.717, 1.165) is 15.7 Å². The lowest BCUT2D eigenvalue weighted by Crippen LogP contribution is -2.23. The topological polar surface area (TPSA) is 39.1 Å². The van der Waals surface area contributed by atoms with Crippen molar-refractivity contribution in [2.24, 2.45) is 0 Å². The van der Waals surface area contributed by atoms with Crippen LogP contribution in [-0.2, 0) is 11.3 Å². The first-order valence-electron chi connectivity index (χ1n) is 6.72. The quantitative estimate of drug-likeness (QED) is 0.865. The number of hydrogen-bond donors (Lipinski definition) is 1. The summed E-state index contributed by atoms with van der Waals surface area (Å²) in [6, 6.07) is 5.08. The molecule has 0 bridgehead atoms. The van der Waals surface area contributed by atoms with Gasteiger partial charge in [0.25, 0.3) is 0 Å². The minimum atomic E-state index is -0.194. The van der Waals surface area contributed by atoms with Gasteiger partial charge in [0.15, 0.2) is 0 Å². The first-order valence-corrected chi connectivity index (χ1v) is 7.51. The molecule has 21 heavy (non-hydrogen) atoms. The molecule has 2 rings (SSSR count). The predicted molar refractivity (Wildman–Crippen MR) is 83.8 cm³/mol. The van der Waals surface area contributed by atoms with Gasteiger partial charge in [0.05, 0.1) is 35.6 Å². The molecule has 0 aliphatic carbocycles. The first-order chi connectivity index (χ1) is 10.1. The average molecular weight is 356 g/mol. The molecule has 1 aromatic heterocycles. The molecule has 0 radical (unpaired) electrons. The molecule has 114 valence electrons. The van der Waals surface area contributed by atoms with Crippen molar-refractivity contribution >= 4 is 15.9 Å². The number of ether oxygens (including phenoxy) is 1.